The molecule has 1 atom stereocenters. The van der Waals surface area contributed by atoms with Gasteiger partial charge in [0.05, 0.1) is 0 Å². The summed E-state index contributed by atoms with van der Waals surface area (Å²) in [6.07, 6.45) is 5.57. The lowest BCUT2D eigenvalue weighted by Crippen LogP contribution is -2.43. The molecule has 3 rings (SSSR count). The van der Waals surface area contributed by atoms with Gasteiger partial charge in [-0.2, -0.15) is 4.98 Å². The van der Waals surface area contributed by atoms with Crippen molar-refractivity contribution < 1.29 is 9.53 Å². The van der Waals surface area contributed by atoms with Gasteiger partial charge in [0.15, 0.2) is 0 Å². The van der Waals surface area contributed by atoms with Gasteiger partial charge in [0.1, 0.15) is 11.2 Å². The van der Waals surface area contributed by atoms with Gasteiger partial charge >= 0.3 is 6.09 Å². The molecule has 1 unspecified atom stereocenters. The Hall–Kier alpha value is -1.82. The molecule has 1 amide bonds. The number of piperidine rings is 1. The molecule has 1 aliphatic rings. The Kier molecular flexibility index (Phi) is 4.67. The average molecular weight is 351 g/mol. The number of likely N-dealkylation sites (tertiary alicyclic amines) is 1. The molecule has 0 saturated carbocycles. The summed E-state index contributed by atoms with van der Waals surface area (Å²) in [5, 5.41) is 1.22. The number of aromatic nitrogens is 3. The first-order chi connectivity index (χ1) is 11.3. The molecule has 0 N–H and O–H groups in total. The predicted octanol–water partition coefficient (Wildman–Crippen LogP) is 3.73. The summed E-state index contributed by atoms with van der Waals surface area (Å²) in [4.78, 5) is 22.4. The van der Waals surface area contributed by atoms with Crippen LogP contribution >= 0.6 is 11.6 Å². The zero-order valence-electron chi connectivity index (χ0n) is 14.3. The third-order valence-corrected chi connectivity index (χ3v) is 4.28. The summed E-state index contributed by atoms with van der Waals surface area (Å²) in [7, 11) is 0. The summed E-state index contributed by atoms with van der Waals surface area (Å²) in [5.41, 5.74) is 0.373. The van der Waals surface area contributed by atoms with Crippen LogP contribution in [0, 0.1) is 5.92 Å². The van der Waals surface area contributed by atoms with Crippen molar-refractivity contribution >= 4 is 28.7 Å². The van der Waals surface area contributed by atoms with E-state index in [1.54, 1.807) is 6.20 Å². The minimum Gasteiger partial charge on any atom is -0.444 e. The van der Waals surface area contributed by atoms with Crippen molar-refractivity contribution in [2.24, 2.45) is 5.92 Å². The first kappa shape index (κ1) is 17.0. The fourth-order valence-corrected chi connectivity index (χ4v) is 3.21. The molecule has 130 valence electrons. The number of amides is 1. The fraction of sp³-hybridized carbons (Fsp3) is 0.588. The number of hydrogen-bond acceptors (Lipinski definition) is 4. The highest BCUT2D eigenvalue weighted by molar-refractivity contribution is 6.28. The Morgan fingerprint density at radius 1 is 1.46 bits per heavy atom. The average Bonchev–Trinajstić information content (AvgIpc) is 2.88. The molecule has 2 aromatic rings. The lowest BCUT2D eigenvalue weighted by molar-refractivity contribution is 0.0158. The van der Waals surface area contributed by atoms with Gasteiger partial charge < -0.3 is 14.2 Å². The quantitative estimate of drug-likeness (QED) is 0.774. The lowest BCUT2D eigenvalue weighted by Gasteiger charge is -2.34. The van der Waals surface area contributed by atoms with E-state index in [-0.39, 0.29) is 11.4 Å². The van der Waals surface area contributed by atoms with Crippen molar-refractivity contribution in [1.82, 2.24) is 19.4 Å². The molecule has 7 heteroatoms. The van der Waals surface area contributed by atoms with E-state index in [4.69, 9.17) is 16.3 Å². The molecule has 1 saturated heterocycles. The second-order valence-corrected chi connectivity index (χ2v) is 7.66. The third-order valence-electron chi connectivity index (χ3n) is 4.10. The van der Waals surface area contributed by atoms with Crippen LogP contribution < -0.4 is 0 Å². The lowest BCUT2D eigenvalue weighted by atomic mass is 9.98. The number of hydrogen-bond donors (Lipinski definition) is 0. The number of ether oxygens (including phenoxy) is 1. The number of carbonyl (C=O) groups excluding carboxylic acids is 1. The minimum absolute atomic E-state index is 0.227. The van der Waals surface area contributed by atoms with Crippen LogP contribution in [0.4, 0.5) is 4.79 Å². The number of nitrogens with zero attached hydrogens (tertiary/aromatic N) is 4. The van der Waals surface area contributed by atoms with Gasteiger partial charge in [0, 0.05) is 37.4 Å². The van der Waals surface area contributed by atoms with Crippen molar-refractivity contribution in [1.29, 1.82) is 0 Å². The van der Waals surface area contributed by atoms with Crippen LogP contribution in [-0.2, 0) is 11.3 Å². The largest absolute Gasteiger partial charge is 0.444 e. The number of halogens is 1. The van der Waals surface area contributed by atoms with Crippen molar-refractivity contribution in [2.75, 3.05) is 13.1 Å². The Morgan fingerprint density at radius 3 is 3.00 bits per heavy atom. The Bertz CT molecular complexity index is 738. The van der Waals surface area contributed by atoms with Crippen molar-refractivity contribution in [3.05, 3.63) is 23.7 Å². The molecule has 1 fully saturated rings. The summed E-state index contributed by atoms with van der Waals surface area (Å²) in [5.74, 6) is 0.371. The molecular formula is C17H23ClN4O2. The Labute approximate surface area is 146 Å². The van der Waals surface area contributed by atoms with E-state index in [0.29, 0.717) is 12.5 Å². The van der Waals surface area contributed by atoms with Crippen LogP contribution in [0.2, 0.25) is 5.28 Å². The normalized spacial score (nSPS) is 18.8. The molecular weight excluding hydrogens is 328 g/mol. The van der Waals surface area contributed by atoms with E-state index in [2.05, 4.69) is 14.5 Å². The first-order valence-electron chi connectivity index (χ1n) is 8.27. The Balaban J connectivity index is 1.68. The second kappa shape index (κ2) is 6.59. The van der Waals surface area contributed by atoms with E-state index in [1.165, 1.54) is 0 Å². The van der Waals surface area contributed by atoms with Crippen LogP contribution in [0.3, 0.4) is 0 Å². The van der Waals surface area contributed by atoms with Crippen LogP contribution in [0.25, 0.3) is 11.0 Å². The number of fused-ring (bicyclic) bond motifs is 1. The van der Waals surface area contributed by atoms with Crippen LogP contribution in [0.1, 0.15) is 33.6 Å². The molecule has 3 heterocycles. The first-order valence-corrected chi connectivity index (χ1v) is 8.65. The van der Waals surface area contributed by atoms with E-state index in [1.807, 2.05) is 37.9 Å². The van der Waals surface area contributed by atoms with Crippen LogP contribution in [-0.4, -0.2) is 44.2 Å². The zero-order valence-corrected chi connectivity index (χ0v) is 15.1. The molecule has 0 aromatic carbocycles. The van der Waals surface area contributed by atoms with E-state index < -0.39 is 5.60 Å². The maximum atomic E-state index is 12.3. The molecule has 0 bridgehead atoms. The fourth-order valence-electron chi connectivity index (χ4n) is 3.08. The molecule has 0 radical (unpaired) electrons. The molecule has 24 heavy (non-hydrogen) atoms. The summed E-state index contributed by atoms with van der Waals surface area (Å²) in [6, 6.07) is 1.99. The van der Waals surface area contributed by atoms with Gasteiger partial charge in [0.2, 0.25) is 5.28 Å². The van der Waals surface area contributed by atoms with Crippen molar-refractivity contribution in [2.45, 2.75) is 45.8 Å². The standard InChI is InChI=1S/C17H23ClN4O2/c1-17(2,3)24-16(23)22-7-4-5-12(11-22)10-21-8-6-13-9-19-15(18)20-14(13)21/h6,8-9,12H,4-5,7,10-11H2,1-3H3. The zero-order chi connectivity index (χ0) is 17.3. The molecule has 6 nitrogen and oxygen atoms in total. The molecule has 2 aromatic heterocycles. The maximum Gasteiger partial charge on any atom is 0.410 e. The molecule has 0 aliphatic carbocycles. The molecule has 0 spiro atoms. The highest BCUT2D eigenvalue weighted by Crippen LogP contribution is 2.23. The number of carbonyl (C=O) groups is 1. The van der Waals surface area contributed by atoms with E-state index in [9.17, 15) is 4.79 Å². The number of rotatable bonds is 2. The van der Waals surface area contributed by atoms with Gasteiger partial charge in [-0.25, -0.2) is 9.78 Å². The third kappa shape index (κ3) is 3.98. The van der Waals surface area contributed by atoms with Gasteiger partial charge in [0.25, 0.3) is 0 Å². The van der Waals surface area contributed by atoms with Crippen LogP contribution in [0.15, 0.2) is 18.5 Å². The van der Waals surface area contributed by atoms with Crippen molar-refractivity contribution in [3.63, 3.8) is 0 Å². The van der Waals surface area contributed by atoms with E-state index >= 15 is 0 Å². The second-order valence-electron chi connectivity index (χ2n) is 7.32. The van der Waals surface area contributed by atoms with E-state index in [0.717, 1.165) is 37.0 Å². The minimum atomic E-state index is -0.464. The highest BCUT2D eigenvalue weighted by Gasteiger charge is 2.28. The van der Waals surface area contributed by atoms with Crippen molar-refractivity contribution in [3.8, 4) is 0 Å². The Morgan fingerprint density at radius 2 is 2.25 bits per heavy atom. The monoisotopic (exact) mass is 350 g/mol. The van der Waals surface area contributed by atoms with Gasteiger partial charge in [-0.1, -0.05) is 0 Å². The van der Waals surface area contributed by atoms with Gasteiger partial charge in [-0.15, -0.1) is 0 Å². The highest BCUT2D eigenvalue weighted by atomic mass is 35.5. The predicted molar refractivity (Wildman–Crippen MR) is 93.1 cm³/mol. The van der Waals surface area contributed by atoms with Gasteiger partial charge in [-0.05, 0) is 57.2 Å². The van der Waals surface area contributed by atoms with Gasteiger partial charge in [-0.3, -0.25) is 0 Å². The molecule has 1 aliphatic heterocycles. The maximum absolute atomic E-state index is 12.3. The topological polar surface area (TPSA) is 60.2 Å². The summed E-state index contributed by atoms with van der Waals surface area (Å²) >= 11 is 5.91. The summed E-state index contributed by atoms with van der Waals surface area (Å²) < 4.78 is 7.58. The summed E-state index contributed by atoms with van der Waals surface area (Å²) in [6.45, 7) is 7.93. The SMILES string of the molecule is CC(C)(C)OC(=O)N1CCCC(Cn2ccc3cnc(Cl)nc32)C1. The smallest absolute Gasteiger partial charge is 0.410 e. The van der Waals surface area contributed by atoms with Crippen LogP contribution in [0.5, 0.6) is 0 Å².